The van der Waals surface area contributed by atoms with Crippen molar-refractivity contribution in [2.45, 2.75) is 37.0 Å². The van der Waals surface area contributed by atoms with Crippen LogP contribution in [0, 0.1) is 24.1 Å². The average Bonchev–Trinajstić information content (AvgIpc) is 2.76. The van der Waals surface area contributed by atoms with Gasteiger partial charge in [0, 0.05) is 23.9 Å². The van der Waals surface area contributed by atoms with Gasteiger partial charge in [-0.3, -0.25) is 9.79 Å². The minimum absolute atomic E-state index is 0.00785. The molecule has 3 rings (SSSR count). The first kappa shape index (κ1) is 23.6. The lowest BCUT2D eigenvalue weighted by Crippen LogP contribution is -2.53. The molecule has 0 spiro atoms. The van der Waals surface area contributed by atoms with Gasteiger partial charge in [0.1, 0.15) is 29.8 Å². The van der Waals surface area contributed by atoms with Crippen LogP contribution in [0.25, 0.3) is 0 Å². The van der Waals surface area contributed by atoms with E-state index in [2.05, 4.69) is 15.3 Å². The number of amides is 1. The van der Waals surface area contributed by atoms with E-state index in [4.69, 9.17) is 11.0 Å². The van der Waals surface area contributed by atoms with Crippen LogP contribution in [-0.2, 0) is 16.7 Å². The molecule has 1 aromatic carbocycles. The lowest BCUT2D eigenvalue weighted by Gasteiger charge is -2.40. The number of aryl methyl sites for hydroxylation is 1. The molecule has 1 aromatic heterocycles. The number of anilines is 1. The topological polar surface area (TPSA) is 127 Å². The van der Waals surface area contributed by atoms with E-state index in [0.717, 1.165) is 6.07 Å². The van der Waals surface area contributed by atoms with Crippen LogP contribution in [0.15, 0.2) is 35.5 Å². The van der Waals surface area contributed by atoms with Gasteiger partial charge in [-0.2, -0.15) is 5.26 Å². The van der Waals surface area contributed by atoms with Gasteiger partial charge in [0.2, 0.25) is 0 Å². The van der Waals surface area contributed by atoms with Gasteiger partial charge in [0.15, 0.2) is 10.6 Å². The summed E-state index contributed by atoms with van der Waals surface area (Å²) in [6.45, 7) is 2.32. The summed E-state index contributed by atoms with van der Waals surface area (Å²) in [6, 6.07) is 7.28. The van der Waals surface area contributed by atoms with Crippen molar-refractivity contribution in [3.05, 3.63) is 58.7 Å². The van der Waals surface area contributed by atoms with E-state index in [1.54, 1.807) is 13.8 Å². The number of hydrogen-bond donors (Lipinski definition) is 2. The van der Waals surface area contributed by atoms with Gasteiger partial charge in [0.25, 0.3) is 5.91 Å². The molecule has 10 heteroatoms. The number of aromatic nitrogens is 1. The second kappa shape index (κ2) is 8.84. The molecule has 3 N–H and O–H groups in total. The fourth-order valence-electron chi connectivity index (χ4n) is 3.66. The van der Waals surface area contributed by atoms with Crippen LogP contribution in [0.1, 0.15) is 46.9 Å². The number of nitrogens with one attached hydrogen (secondary N) is 1. The number of rotatable bonds is 5. The molecule has 32 heavy (non-hydrogen) atoms. The summed E-state index contributed by atoms with van der Waals surface area (Å²) in [7, 11) is 0. The lowest BCUT2D eigenvalue weighted by atomic mass is 9.80. The number of benzene rings is 1. The van der Waals surface area contributed by atoms with Gasteiger partial charge in [-0.05, 0) is 61.3 Å². The number of amidine groups is 1. The molecule has 1 aliphatic rings. The van der Waals surface area contributed by atoms with E-state index in [1.165, 1.54) is 30.7 Å². The molecule has 168 valence electrons. The molecule has 1 aliphatic heterocycles. The molecule has 0 saturated heterocycles. The largest absolute Gasteiger partial charge is 0.616 e. The summed E-state index contributed by atoms with van der Waals surface area (Å²) in [4.78, 5) is 21.0. The Kier molecular flexibility index (Phi) is 6.53. The smallest absolute Gasteiger partial charge is 0.274 e. The fraction of sp³-hybridized carbons (Fsp3) is 0.364. The zero-order valence-electron chi connectivity index (χ0n) is 17.9. The Morgan fingerprint density at radius 1 is 1.41 bits per heavy atom. The summed E-state index contributed by atoms with van der Waals surface area (Å²) in [5.41, 5.74) is 5.59. The Labute approximate surface area is 187 Å². The Balaban J connectivity index is 1.96. The number of aliphatic imine (C=N–C) groups is 1. The molecule has 2 aromatic rings. The molecule has 0 bridgehead atoms. The van der Waals surface area contributed by atoms with E-state index >= 15 is 0 Å². The van der Waals surface area contributed by atoms with Gasteiger partial charge in [0.05, 0.1) is 11.8 Å². The number of nitriles is 1. The van der Waals surface area contributed by atoms with E-state index in [9.17, 15) is 18.1 Å². The Hall–Kier alpha value is -3.03. The molecular weight excluding hydrogens is 436 g/mol. The normalized spacial score (nSPS) is 23.7. The predicted octanol–water partition coefficient (Wildman–Crippen LogP) is 3.11. The zero-order valence-corrected chi connectivity index (χ0v) is 18.7. The molecule has 1 unspecified atom stereocenters. The van der Waals surface area contributed by atoms with E-state index in [1.807, 2.05) is 6.07 Å². The molecule has 0 fully saturated rings. The molecule has 0 aliphatic carbocycles. The van der Waals surface area contributed by atoms with Crippen LogP contribution >= 0.6 is 0 Å². The summed E-state index contributed by atoms with van der Waals surface area (Å²) >= 11 is -1.34. The first-order valence-corrected chi connectivity index (χ1v) is 11.4. The van der Waals surface area contributed by atoms with Crippen molar-refractivity contribution >= 4 is 28.6 Å². The van der Waals surface area contributed by atoms with Gasteiger partial charge < -0.3 is 15.6 Å². The Morgan fingerprint density at radius 2 is 2.12 bits per heavy atom. The minimum Gasteiger partial charge on any atom is -0.616 e. The zero-order chi connectivity index (χ0) is 23.7. The molecule has 1 amide bonds. The van der Waals surface area contributed by atoms with Crippen molar-refractivity contribution in [3.8, 4) is 6.07 Å². The maximum atomic E-state index is 14.8. The number of alkyl halides is 1. The van der Waals surface area contributed by atoms with Gasteiger partial charge in [-0.1, -0.05) is 0 Å². The number of pyridine rings is 1. The van der Waals surface area contributed by atoms with Crippen molar-refractivity contribution in [2.75, 3.05) is 18.2 Å². The first-order valence-electron chi connectivity index (χ1n) is 9.80. The van der Waals surface area contributed by atoms with Crippen molar-refractivity contribution in [2.24, 2.45) is 10.7 Å². The fourth-order valence-corrected chi connectivity index (χ4v) is 4.39. The first-order chi connectivity index (χ1) is 15.1. The van der Waals surface area contributed by atoms with Crippen molar-refractivity contribution < 1.29 is 18.1 Å². The molecule has 3 atom stereocenters. The third-order valence-electron chi connectivity index (χ3n) is 5.90. The quantitative estimate of drug-likeness (QED) is 0.664. The Bertz CT molecular complexity index is 1130. The van der Waals surface area contributed by atoms with E-state index in [0.29, 0.717) is 11.1 Å². The number of hydrogen-bond acceptors (Lipinski definition) is 6. The molecule has 0 saturated carbocycles. The van der Waals surface area contributed by atoms with Crippen molar-refractivity contribution in [3.63, 3.8) is 0 Å². The minimum atomic E-state index is -1.57. The van der Waals surface area contributed by atoms with E-state index in [-0.39, 0.29) is 35.6 Å². The number of nitrogens with zero attached hydrogens (tertiary/aromatic N) is 3. The van der Waals surface area contributed by atoms with Crippen LogP contribution < -0.4 is 11.1 Å². The van der Waals surface area contributed by atoms with Crippen LogP contribution in [0.2, 0.25) is 0 Å². The van der Waals surface area contributed by atoms with Crippen LogP contribution in [0.3, 0.4) is 0 Å². The van der Waals surface area contributed by atoms with Crippen LogP contribution in [0.5, 0.6) is 0 Å². The predicted molar refractivity (Wildman–Crippen MR) is 119 cm³/mol. The van der Waals surface area contributed by atoms with Crippen LogP contribution in [0.4, 0.5) is 14.5 Å². The molecule has 7 nitrogen and oxygen atoms in total. The van der Waals surface area contributed by atoms with Crippen molar-refractivity contribution in [1.29, 1.82) is 5.26 Å². The summed E-state index contributed by atoms with van der Waals surface area (Å²) in [5.74, 6) is -1.24. The Morgan fingerprint density at radius 3 is 2.69 bits per heavy atom. The monoisotopic (exact) mass is 459 g/mol. The number of carbonyl (C=O) groups is 1. The SMILES string of the molecule is Cc1cc(C#N)cnc1C(=O)Nc1ccc(F)c([C@]2(CF)CC[C@@](C)([S+](C)[O-])C(N)=N2)c1. The standard InChI is InChI=1S/C22H23F2N5O2S/c1-13-8-14(10-25)11-27-18(13)19(30)28-15-4-5-17(24)16(9-15)22(12-23)7-6-21(2,32(3)31)20(26)29-22/h4-5,8-9,11H,6-7,12H2,1-3H3,(H2,26,29)(H,28,30)/t21-,22-,32?/m1/s1. The second-order valence-corrected chi connectivity index (χ2v) is 9.81. The van der Waals surface area contributed by atoms with Gasteiger partial charge in [-0.25, -0.2) is 13.8 Å². The third-order valence-corrected chi connectivity index (χ3v) is 7.58. The van der Waals surface area contributed by atoms with Gasteiger partial charge in [-0.15, -0.1) is 0 Å². The number of nitrogens with two attached hydrogens (primary N) is 1. The maximum Gasteiger partial charge on any atom is 0.274 e. The highest BCUT2D eigenvalue weighted by molar-refractivity contribution is 7.92. The average molecular weight is 460 g/mol. The molecule has 2 heterocycles. The van der Waals surface area contributed by atoms with Gasteiger partial charge >= 0.3 is 0 Å². The van der Waals surface area contributed by atoms with E-state index < -0.39 is 39.9 Å². The van der Waals surface area contributed by atoms with Crippen molar-refractivity contribution in [1.82, 2.24) is 4.98 Å². The molecule has 0 radical (unpaired) electrons. The highest BCUT2D eigenvalue weighted by Crippen LogP contribution is 2.42. The second-order valence-electron chi connectivity index (χ2n) is 8.00. The summed E-state index contributed by atoms with van der Waals surface area (Å²) in [5, 5.41) is 11.6. The summed E-state index contributed by atoms with van der Waals surface area (Å²) in [6.07, 6.45) is 3.15. The number of halogens is 2. The number of carbonyl (C=O) groups excluding carboxylic acids is 1. The maximum absolute atomic E-state index is 14.8. The highest BCUT2D eigenvalue weighted by Gasteiger charge is 2.49. The summed E-state index contributed by atoms with van der Waals surface area (Å²) < 4.78 is 40.3. The third kappa shape index (κ3) is 4.18. The molecular formula is C22H23F2N5O2S. The lowest BCUT2D eigenvalue weighted by molar-refractivity contribution is 0.102. The highest BCUT2D eigenvalue weighted by atomic mass is 32.2. The van der Waals surface area contributed by atoms with Crippen LogP contribution in [-0.4, -0.2) is 39.0 Å².